The van der Waals surface area contributed by atoms with Crippen molar-refractivity contribution in [3.8, 4) is 22.6 Å². The molecule has 1 aromatic carbocycles. The van der Waals surface area contributed by atoms with E-state index in [0.717, 1.165) is 94.0 Å². The third-order valence-corrected chi connectivity index (χ3v) is 7.08. The number of anilines is 2. The minimum atomic E-state index is 0.741. The molecule has 188 valence electrons. The maximum Gasteiger partial charge on any atom is 0.159 e. The van der Waals surface area contributed by atoms with Gasteiger partial charge in [0, 0.05) is 35.9 Å². The van der Waals surface area contributed by atoms with E-state index in [0.29, 0.717) is 0 Å². The number of nitrogens with zero attached hydrogens (tertiary/aromatic N) is 5. The number of benzene rings is 1. The summed E-state index contributed by atoms with van der Waals surface area (Å²) in [6, 6.07) is 8.42. The molecule has 1 aliphatic rings. The van der Waals surface area contributed by atoms with Gasteiger partial charge in [-0.05, 0) is 55.9 Å². The molecule has 1 aliphatic heterocycles. The van der Waals surface area contributed by atoms with Gasteiger partial charge in [0.2, 0.25) is 0 Å². The lowest BCUT2D eigenvalue weighted by Crippen LogP contribution is -2.29. The van der Waals surface area contributed by atoms with Gasteiger partial charge in [-0.15, -0.1) is 0 Å². The summed E-state index contributed by atoms with van der Waals surface area (Å²) >= 11 is 0. The second-order valence-corrected chi connectivity index (χ2v) is 9.81. The molecule has 0 atom stereocenters. The zero-order valence-corrected chi connectivity index (χ0v) is 21.2. The summed E-state index contributed by atoms with van der Waals surface area (Å²) < 4.78 is 0. The van der Waals surface area contributed by atoms with E-state index < -0.39 is 0 Å². The summed E-state index contributed by atoms with van der Waals surface area (Å²) in [6.07, 6.45) is 14.4. The summed E-state index contributed by atoms with van der Waals surface area (Å²) in [4.78, 5) is 19.8. The molecule has 0 bridgehead atoms. The molecule has 0 saturated carbocycles. The highest BCUT2D eigenvalue weighted by atomic mass is 15.2. The third-order valence-electron chi connectivity index (χ3n) is 7.08. The average molecular weight is 493 g/mol. The number of unbranched alkanes of at least 4 members (excludes halogenated alkanes) is 1. The lowest BCUT2D eigenvalue weighted by atomic mass is 10.0. The van der Waals surface area contributed by atoms with Crippen LogP contribution in [0.5, 0.6) is 0 Å². The van der Waals surface area contributed by atoms with Gasteiger partial charge in [0.15, 0.2) is 5.82 Å². The number of pyridine rings is 2. The Kier molecular flexibility index (Phi) is 6.30. The van der Waals surface area contributed by atoms with E-state index in [9.17, 15) is 0 Å². The van der Waals surface area contributed by atoms with E-state index in [4.69, 9.17) is 4.98 Å². The first-order chi connectivity index (χ1) is 18.2. The van der Waals surface area contributed by atoms with Crippen molar-refractivity contribution in [2.24, 2.45) is 0 Å². The molecule has 3 N–H and O–H groups in total. The van der Waals surface area contributed by atoms with Gasteiger partial charge < -0.3 is 15.2 Å². The van der Waals surface area contributed by atoms with Crippen LogP contribution in [0.1, 0.15) is 45.4 Å². The quantitative estimate of drug-likeness (QED) is 0.224. The fourth-order valence-corrected chi connectivity index (χ4v) is 5.09. The van der Waals surface area contributed by atoms with E-state index >= 15 is 0 Å². The molecule has 6 rings (SSSR count). The number of fused-ring (bicyclic) bond motifs is 2. The van der Waals surface area contributed by atoms with Crippen LogP contribution in [0.2, 0.25) is 0 Å². The first-order valence-electron chi connectivity index (χ1n) is 13.2. The fourth-order valence-electron chi connectivity index (χ4n) is 5.09. The van der Waals surface area contributed by atoms with Crippen LogP contribution in [0.4, 0.5) is 11.4 Å². The summed E-state index contributed by atoms with van der Waals surface area (Å²) in [6.45, 7) is 8.43. The van der Waals surface area contributed by atoms with Crippen LogP contribution in [0.25, 0.3) is 44.6 Å². The van der Waals surface area contributed by atoms with Crippen LogP contribution in [-0.4, -0.2) is 43.2 Å². The zero-order chi connectivity index (χ0) is 25.2. The fraction of sp³-hybridized carbons (Fsp3) is 0.310. The molecule has 1 saturated heterocycles. The highest BCUT2D eigenvalue weighted by molar-refractivity contribution is 5.97. The number of imidazole rings is 1. The predicted molar refractivity (Wildman–Crippen MR) is 151 cm³/mol. The molecule has 37 heavy (non-hydrogen) atoms. The molecule has 0 unspecified atom stereocenters. The molecular formula is C29H32N8. The van der Waals surface area contributed by atoms with E-state index in [1.54, 1.807) is 0 Å². The van der Waals surface area contributed by atoms with Gasteiger partial charge in [-0.25, -0.2) is 4.98 Å². The van der Waals surface area contributed by atoms with Crippen molar-refractivity contribution in [3.05, 3.63) is 61.3 Å². The second-order valence-electron chi connectivity index (χ2n) is 9.81. The largest absolute Gasteiger partial charge is 0.368 e. The summed E-state index contributed by atoms with van der Waals surface area (Å²) in [5.41, 5.74) is 8.79. The van der Waals surface area contributed by atoms with Crippen molar-refractivity contribution in [2.45, 2.75) is 45.4 Å². The van der Waals surface area contributed by atoms with Crippen molar-refractivity contribution in [2.75, 3.05) is 23.3 Å². The Morgan fingerprint density at radius 1 is 1.00 bits per heavy atom. The number of rotatable bonds is 8. The Balaban J connectivity index is 1.34. The summed E-state index contributed by atoms with van der Waals surface area (Å²) in [7, 11) is 0. The number of allylic oxidation sites excluding steroid dienone is 1. The molecule has 5 aromatic rings. The van der Waals surface area contributed by atoms with Crippen LogP contribution >= 0.6 is 0 Å². The van der Waals surface area contributed by atoms with Crippen molar-refractivity contribution in [1.29, 1.82) is 0 Å². The first kappa shape index (κ1) is 23.2. The number of hydrogen-bond acceptors (Lipinski definition) is 6. The second kappa shape index (κ2) is 10.0. The monoisotopic (exact) mass is 492 g/mol. The van der Waals surface area contributed by atoms with Crippen molar-refractivity contribution in [3.63, 3.8) is 0 Å². The van der Waals surface area contributed by atoms with E-state index in [1.807, 2.05) is 24.8 Å². The normalized spacial score (nSPS) is 13.9. The Morgan fingerprint density at radius 2 is 1.86 bits per heavy atom. The van der Waals surface area contributed by atoms with Crippen molar-refractivity contribution >= 4 is 33.3 Å². The SMILES string of the molecule is C=C(CCCC)Nc1cncc(-c2ccc3[nH]nc(-c4nc5c(N6CCCCC6)cncc5[nH]4)c3c2)c1. The van der Waals surface area contributed by atoms with Crippen LogP contribution in [0.3, 0.4) is 0 Å². The van der Waals surface area contributed by atoms with Crippen LogP contribution in [-0.2, 0) is 0 Å². The topological polar surface area (TPSA) is 98.4 Å². The number of aromatic amines is 2. The Hall–Kier alpha value is -4.20. The molecule has 0 radical (unpaired) electrons. The van der Waals surface area contributed by atoms with Crippen LogP contribution in [0, 0.1) is 0 Å². The summed E-state index contributed by atoms with van der Waals surface area (Å²) in [5, 5.41) is 12.2. The standard InChI is InChI=1S/C29H32N8/c1-3-4-8-19(2)32-22-13-21(15-30-16-22)20-9-10-24-23(14-20)27(36-35-24)29-33-25-17-31-18-26(28(25)34-29)37-11-6-5-7-12-37/h9-10,13-18,32H,2-8,11-12H2,1H3,(H,33,34)(H,35,36). The lowest BCUT2D eigenvalue weighted by Gasteiger charge is -2.28. The Morgan fingerprint density at radius 3 is 2.73 bits per heavy atom. The van der Waals surface area contributed by atoms with Gasteiger partial charge >= 0.3 is 0 Å². The summed E-state index contributed by atoms with van der Waals surface area (Å²) in [5.74, 6) is 0.741. The Labute approximate surface area is 216 Å². The molecule has 0 spiro atoms. The zero-order valence-electron chi connectivity index (χ0n) is 21.2. The van der Waals surface area contributed by atoms with Crippen LogP contribution in [0.15, 0.2) is 61.3 Å². The van der Waals surface area contributed by atoms with E-state index in [2.05, 4.69) is 73.1 Å². The van der Waals surface area contributed by atoms with Crippen LogP contribution < -0.4 is 10.2 Å². The number of piperidine rings is 1. The molecule has 5 heterocycles. The van der Waals surface area contributed by atoms with Crippen molar-refractivity contribution in [1.82, 2.24) is 30.1 Å². The van der Waals surface area contributed by atoms with Gasteiger partial charge in [0.25, 0.3) is 0 Å². The van der Waals surface area contributed by atoms with Gasteiger partial charge in [0.05, 0.1) is 41.0 Å². The van der Waals surface area contributed by atoms with Gasteiger partial charge in [-0.3, -0.25) is 15.1 Å². The Bertz CT molecular complexity index is 1560. The third kappa shape index (κ3) is 4.67. The number of H-pyrrole nitrogens is 2. The number of nitrogens with one attached hydrogen (secondary N) is 3. The average Bonchev–Trinajstić information content (AvgIpc) is 3.56. The molecule has 1 fully saturated rings. The van der Waals surface area contributed by atoms with Crippen molar-refractivity contribution < 1.29 is 0 Å². The first-order valence-corrected chi connectivity index (χ1v) is 13.2. The predicted octanol–water partition coefficient (Wildman–Crippen LogP) is 6.67. The highest BCUT2D eigenvalue weighted by Gasteiger charge is 2.19. The molecule has 0 aliphatic carbocycles. The molecule has 0 amide bonds. The van der Waals surface area contributed by atoms with Gasteiger partial charge in [-0.2, -0.15) is 5.10 Å². The minimum absolute atomic E-state index is 0.741. The number of aromatic nitrogens is 6. The molecule has 4 aromatic heterocycles. The lowest BCUT2D eigenvalue weighted by molar-refractivity contribution is 0.578. The molecular weight excluding hydrogens is 460 g/mol. The van der Waals surface area contributed by atoms with E-state index in [-0.39, 0.29) is 0 Å². The van der Waals surface area contributed by atoms with E-state index in [1.165, 1.54) is 19.3 Å². The minimum Gasteiger partial charge on any atom is -0.368 e. The maximum absolute atomic E-state index is 5.00. The smallest absolute Gasteiger partial charge is 0.159 e. The van der Waals surface area contributed by atoms with Gasteiger partial charge in [0.1, 0.15) is 11.2 Å². The maximum atomic E-state index is 5.00. The number of hydrogen-bond donors (Lipinski definition) is 3. The molecule has 8 nitrogen and oxygen atoms in total. The van der Waals surface area contributed by atoms with Gasteiger partial charge in [-0.1, -0.05) is 26.0 Å². The highest BCUT2D eigenvalue weighted by Crippen LogP contribution is 2.33. The molecule has 8 heteroatoms.